The Hall–Kier alpha value is -0.0100. The van der Waals surface area contributed by atoms with Gasteiger partial charge in [-0.3, -0.25) is 9.05 Å². The molecule has 2 unspecified atom stereocenters. The first-order chi connectivity index (χ1) is 17.1. The van der Waals surface area contributed by atoms with Crippen LogP contribution in [0.1, 0.15) is 110 Å². The highest BCUT2D eigenvalue weighted by Gasteiger charge is 2.25. The first-order valence-corrected chi connectivity index (χ1v) is 16.2. The molecule has 1 N–H and O–H groups in total. The molecule has 0 amide bonds. The quantitative estimate of drug-likeness (QED) is 0.0689. The summed E-state index contributed by atoms with van der Waals surface area (Å²) in [6, 6.07) is 0. The smallest absolute Gasteiger partial charge is 0.378 e. The highest BCUT2D eigenvalue weighted by atomic mass is 31.2. The van der Waals surface area contributed by atoms with Gasteiger partial charge in [0, 0.05) is 13.7 Å². The van der Waals surface area contributed by atoms with Crippen LogP contribution in [0.4, 0.5) is 0 Å². The van der Waals surface area contributed by atoms with E-state index in [1.54, 1.807) is 7.11 Å². The second-order valence-corrected chi connectivity index (χ2v) is 13.0. The van der Waals surface area contributed by atoms with Crippen LogP contribution in [0.2, 0.25) is 0 Å². The molecule has 0 fully saturated rings. The summed E-state index contributed by atoms with van der Waals surface area (Å²) in [5.74, 6) is 0. The molecule has 8 heteroatoms. The minimum atomic E-state index is -4.05. The van der Waals surface area contributed by atoms with Gasteiger partial charge in [-0.1, -0.05) is 103 Å². The molecule has 0 aliphatic rings. The van der Waals surface area contributed by atoms with E-state index in [9.17, 15) is 9.46 Å². The molecule has 2 atom stereocenters. The largest absolute Gasteiger partial charge is 0.472 e. The molecule has 0 saturated heterocycles. The molecule has 0 heterocycles. The molecule has 0 bridgehead atoms. The van der Waals surface area contributed by atoms with E-state index in [4.69, 9.17) is 13.8 Å². The van der Waals surface area contributed by atoms with Gasteiger partial charge in [-0.05, 0) is 20.0 Å². The third-order valence-corrected chi connectivity index (χ3v) is 7.67. The predicted octanol–water partition coefficient (Wildman–Crippen LogP) is 7.03. The molecule has 0 radical (unpaired) electrons. The van der Waals surface area contributed by atoms with E-state index in [1.165, 1.54) is 103 Å². The van der Waals surface area contributed by atoms with E-state index in [0.717, 1.165) is 6.54 Å². The van der Waals surface area contributed by atoms with Gasteiger partial charge in [-0.25, -0.2) is 4.57 Å². The maximum atomic E-state index is 12.1. The second-order valence-electron chi connectivity index (χ2n) is 11.5. The molecule has 0 aromatic rings. The van der Waals surface area contributed by atoms with Crippen LogP contribution >= 0.6 is 7.82 Å². The molecule has 0 aromatic heterocycles. The Balaban J connectivity index is 3.64. The van der Waals surface area contributed by atoms with Crippen molar-refractivity contribution in [1.29, 1.82) is 0 Å². The minimum Gasteiger partial charge on any atom is -0.378 e. The van der Waals surface area contributed by atoms with Crippen molar-refractivity contribution >= 4 is 7.82 Å². The summed E-state index contributed by atoms with van der Waals surface area (Å²) in [4.78, 5) is 12.1. The van der Waals surface area contributed by atoms with Crippen LogP contribution in [0, 0.1) is 0 Å². The third-order valence-electron chi connectivity index (χ3n) is 6.68. The number of hydrogen-bond donors (Lipinski definition) is 1. The van der Waals surface area contributed by atoms with Crippen molar-refractivity contribution < 1.29 is 27.7 Å². The summed E-state index contributed by atoms with van der Waals surface area (Å²) >= 11 is 0. The molecule has 0 spiro atoms. The third kappa shape index (κ3) is 25.6. The van der Waals surface area contributed by atoms with E-state index in [2.05, 4.69) is 18.9 Å². The van der Waals surface area contributed by atoms with E-state index < -0.39 is 7.82 Å². The average molecular weight is 538 g/mol. The van der Waals surface area contributed by atoms with Crippen LogP contribution in [-0.2, 0) is 18.3 Å². The summed E-state index contributed by atoms with van der Waals surface area (Å²) in [5, 5.41) is 0. The monoisotopic (exact) mass is 537 g/mol. The molecular weight excluding hydrogens is 475 g/mol. The second kappa shape index (κ2) is 22.9. The van der Waals surface area contributed by atoms with E-state index in [1.807, 2.05) is 21.1 Å². The predicted molar refractivity (Wildman–Crippen MR) is 152 cm³/mol. The Morgan fingerprint density at radius 1 is 0.778 bits per heavy atom. The van der Waals surface area contributed by atoms with Crippen molar-refractivity contribution in [1.82, 2.24) is 4.90 Å². The van der Waals surface area contributed by atoms with Gasteiger partial charge in [-0.15, -0.1) is 0 Å². The average Bonchev–Trinajstić information content (AvgIpc) is 2.80. The molecule has 0 aromatic carbocycles. The maximum Gasteiger partial charge on any atom is 0.472 e. The normalized spacial score (nSPS) is 14.9. The van der Waals surface area contributed by atoms with E-state index in [0.29, 0.717) is 17.6 Å². The topological polar surface area (TPSA) is 68.2 Å². The van der Waals surface area contributed by atoms with Crippen molar-refractivity contribution in [3.05, 3.63) is 0 Å². The number of nitrogens with zero attached hydrogens (tertiary/aromatic N) is 2. The van der Waals surface area contributed by atoms with Gasteiger partial charge in [0.05, 0.1) is 33.9 Å². The molecule has 218 valence electrons. The molecule has 36 heavy (non-hydrogen) atoms. The van der Waals surface area contributed by atoms with Gasteiger partial charge in [-0.2, -0.15) is 0 Å². The van der Waals surface area contributed by atoms with Gasteiger partial charge < -0.3 is 19.0 Å². The zero-order chi connectivity index (χ0) is 27.1. The summed E-state index contributed by atoms with van der Waals surface area (Å²) in [5.41, 5.74) is 0. The van der Waals surface area contributed by atoms with Gasteiger partial charge >= 0.3 is 7.82 Å². The summed E-state index contributed by atoms with van der Waals surface area (Å²) in [6.07, 6.45) is 21.7. The van der Waals surface area contributed by atoms with Gasteiger partial charge in [0.2, 0.25) is 0 Å². The van der Waals surface area contributed by atoms with Crippen LogP contribution in [0.3, 0.4) is 0 Å². The number of ether oxygens (including phenoxy) is 1. The standard InChI is InChI=1S/C28H61N2O5P/c1-7-8-9-10-11-12-13-14-15-16-17-18-19-20-21-22-23-29(2)26-28(33-6)27-35-36(31,32)34-25-24-30(3,4)5/h28H,7-27H2,1-6H3/p+1. The molecule has 0 saturated carbocycles. The molecule has 0 aliphatic heterocycles. The number of phosphoric ester groups is 1. The lowest BCUT2D eigenvalue weighted by atomic mass is 10.0. The first-order valence-electron chi connectivity index (χ1n) is 14.7. The van der Waals surface area contributed by atoms with Gasteiger partial charge in [0.15, 0.2) is 0 Å². The summed E-state index contributed by atoms with van der Waals surface area (Å²) < 4.78 is 28.4. The number of rotatable bonds is 27. The zero-order valence-corrected chi connectivity index (χ0v) is 25.7. The Bertz CT molecular complexity index is 531. The lowest BCUT2D eigenvalue weighted by Gasteiger charge is -2.25. The Morgan fingerprint density at radius 2 is 1.22 bits per heavy atom. The van der Waals surface area contributed by atoms with Gasteiger partial charge in [0.25, 0.3) is 0 Å². The van der Waals surface area contributed by atoms with Crippen LogP contribution in [-0.4, -0.2) is 88.5 Å². The number of likely N-dealkylation sites (N-methyl/N-ethyl adjacent to an activating group) is 2. The summed E-state index contributed by atoms with van der Waals surface area (Å²) in [7, 11) is 5.63. The summed E-state index contributed by atoms with van der Waals surface area (Å²) in [6.45, 7) is 4.78. The highest BCUT2D eigenvalue weighted by Crippen LogP contribution is 2.43. The van der Waals surface area contributed by atoms with Crippen molar-refractivity contribution in [2.24, 2.45) is 0 Å². The lowest BCUT2D eigenvalue weighted by Crippen LogP contribution is -2.37. The Morgan fingerprint density at radius 3 is 1.64 bits per heavy atom. The van der Waals surface area contributed by atoms with Crippen LogP contribution < -0.4 is 0 Å². The minimum absolute atomic E-state index is 0.0396. The lowest BCUT2D eigenvalue weighted by molar-refractivity contribution is -0.870. The fourth-order valence-electron chi connectivity index (χ4n) is 4.21. The molecular formula is C28H62N2O5P+. The van der Waals surface area contributed by atoms with Gasteiger partial charge in [0.1, 0.15) is 13.2 Å². The van der Waals surface area contributed by atoms with Crippen LogP contribution in [0.25, 0.3) is 0 Å². The van der Waals surface area contributed by atoms with Crippen molar-refractivity contribution in [2.45, 2.75) is 116 Å². The fraction of sp³-hybridized carbons (Fsp3) is 1.00. The van der Waals surface area contributed by atoms with E-state index in [-0.39, 0.29) is 19.3 Å². The number of hydrogen-bond acceptors (Lipinski definition) is 5. The number of unbranched alkanes of at least 4 members (excludes halogenated alkanes) is 15. The molecule has 7 nitrogen and oxygen atoms in total. The fourth-order valence-corrected chi connectivity index (χ4v) is 4.95. The van der Waals surface area contributed by atoms with E-state index >= 15 is 0 Å². The number of methoxy groups -OCH3 is 1. The SMILES string of the molecule is CCCCCCCCCCCCCCCCCCN(C)CC(COP(=O)(O)OCC[N+](C)(C)C)OC. The highest BCUT2D eigenvalue weighted by molar-refractivity contribution is 7.47. The molecule has 0 rings (SSSR count). The first kappa shape index (κ1) is 36.0. The van der Waals surface area contributed by atoms with Crippen LogP contribution in [0.15, 0.2) is 0 Å². The Labute approximate surface area is 224 Å². The van der Waals surface area contributed by atoms with Crippen molar-refractivity contribution in [3.8, 4) is 0 Å². The van der Waals surface area contributed by atoms with Crippen LogP contribution in [0.5, 0.6) is 0 Å². The maximum absolute atomic E-state index is 12.1. The number of quaternary nitrogens is 1. The van der Waals surface area contributed by atoms with Crippen molar-refractivity contribution in [3.63, 3.8) is 0 Å². The molecule has 0 aliphatic carbocycles. The van der Waals surface area contributed by atoms with Crippen molar-refractivity contribution in [2.75, 3.05) is 68.1 Å². The zero-order valence-electron chi connectivity index (χ0n) is 24.8. The number of phosphoric acid groups is 1. The Kier molecular flexibility index (Phi) is 22.9.